The van der Waals surface area contributed by atoms with Gasteiger partial charge in [0.25, 0.3) is 0 Å². The molecule has 0 saturated carbocycles. The molecule has 0 heterocycles. The molecule has 0 radical (unpaired) electrons. The van der Waals surface area contributed by atoms with E-state index in [-0.39, 0.29) is 0 Å². The van der Waals surface area contributed by atoms with E-state index < -0.39 is 6.04 Å². The Balaban J connectivity index is 2.16. The molecule has 5 heteroatoms. The molecule has 3 rings (SSSR count). The highest BCUT2D eigenvalue weighted by molar-refractivity contribution is 8.25. The van der Waals surface area contributed by atoms with Crippen LogP contribution in [-0.4, -0.2) is 18.8 Å². The minimum absolute atomic E-state index is 1.25. The smallest absolute Gasteiger partial charge is 0.0379 e. The maximum Gasteiger partial charge on any atom is 0.0379 e. The van der Waals surface area contributed by atoms with E-state index in [9.17, 15) is 0 Å². The van der Waals surface area contributed by atoms with E-state index in [1.54, 1.807) is 35.3 Å². The zero-order valence-corrected chi connectivity index (χ0v) is 19.2. The SMILES string of the molecule is CSc1ccc(P(=S)(c2ccc(SC)cc2)c2ccc(SC)cc2)cc1. The fourth-order valence-corrected chi connectivity index (χ4v) is 7.75. The topological polar surface area (TPSA) is 0 Å². The van der Waals surface area contributed by atoms with Crippen molar-refractivity contribution < 1.29 is 0 Å². The predicted molar refractivity (Wildman–Crippen MR) is 128 cm³/mol. The fourth-order valence-electron chi connectivity index (χ4n) is 2.82. The first kappa shape index (κ1) is 20.1. The van der Waals surface area contributed by atoms with Gasteiger partial charge in [-0.3, -0.25) is 0 Å². The summed E-state index contributed by atoms with van der Waals surface area (Å²) in [6.45, 7) is 0. The molecule has 0 unspecified atom stereocenters. The zero-order chi connectivity index (χ0) is 18.6. The van der Waals surface area contributed by atoms with Crippen molar-refractivity contribution in [3.8, 4) is 0 Å². The molecule has 0 aliphatic heterocycles. The summed E-state index contributed by atoms with van der Waals surface area (Å²) in [5.41, 5.74) is 0. The van der Waals surface area contributed by atoms with Crippen LogP contribution in [0.25, 0.3) is 0 Å². The molecule has 0 aromatic heterocycles. The molecule has 26 heavy (non-hydrogen) atoms. The van der Waals surface area contributed by atoms with Crippen LogP contribution in [-0.2, 0) is 11.8 Å². The number of rotatable bonds is 6. The second-order valence-corrected chi connectivity index (χ2v) is 12.8. The van der Waals surface area contributed by atoms with Gasteiger partial charge in [-0.25, -0.2) is 0 Å². The van der Waals surface area contributed by atoms with Crippen LogP contribution in [0.15, 0.2) is 87.5 Å². The molecule has 0 amide bonds. The van der Waals surface area contributed by atoms with Gasteiger partial charge < -0.3 is 0 Å². The van der Waals surface area contributed by atoms with Crippen LogP contribution >= 0.6 is 41.3 Å². The van der Waals surface area contributed by atoms with Gasteiger partial charge in [-0.1, -0.05) is 48.2 Å². The van der Waals surface area contributed by atoms with Crippen LogP contribution in [0.3, 0.4) is 0 Å². The summed E-state index contributed by atoms with van der Waals surface area (Å²) in [7, 11) is 0. The Bertz CT molecular complexity index is 778. The van der Waals surface area contributed by atoms with Gasteiger partial charge in [0.2, 0.25) is 0 Å². The van der Waals surface area contributed by atoms with Crippen molar-refractivity contribution in [3.63, 3.8) is 0 Å². The van der Waals surface area contributed by atoms with Crippen molar-refractivity contribution in [2.45, 2.75) is 14.7 Å². The molecule has 0 aliphatic carbocycles. The summed E-state index contributed by atoms with van der Waals surface area (Å²) < 4.78 is 0. The Kier molecular flexibility index (Phi) is 6.98. The summed E-state index contributed by atoms with van der Waals surface area (Å²) >= 11 is 11.7. The van der Waals surface area contributed by atoms with Crippen molar-refractivity contribution in [2.24, 2.45) is 0 Å². The van der Waals surface area contributed by atoms with Crippen molar-refractivity contribution in [2.75, 3.05) is 18.8 Å². The minimum Gasteiger partial charge on any atom is -0.130 e. The highest BCUT2D eigenvalue weighted by Crippen LogP contribution is 2.43. The minimum atomic E-state index is -2.06. The third kappa shape index (κ3) is 4.10. The highest BCUT2D eigenvalue weighted by atomic mass is 32.4. The Hall–Kier alpha value is -0.640. The number of benzene rings is 3. The summed E-state index contributed by atoms with van der Waals surface area (Å²) in [5, 5.41) is 3.75. The molecule has 0 fully saturated rings. The number of thioether (sulfide) groups is 3. The van der Waals surface area contributed by atoms with Gasteiger partial charge in [-0.15, -0.1) is 35.3 Å². The Morgan fingerprint density at radius 3 is 0.923 bits per heavy atom. The average Bonchev–Trinajstić information content (AvgIpc) is 2.73. The molecule has 134 valence electrons. The molecule has 0 spiro atoms. The van der Waals surface area contributed by atoms with Gasteiger partial charge >= 0.3 is 0 Å². The van der Waals surface area contributed by atoms with Crippen LogP contribution in [0.5, 0.6) is 0 Å². The average molecular weight is 433 g/mol. The third-order valence-electron chi connectivity index (χ3n) is 4.31. The first-order valence-electron chi connectivity index (χ1n) is 8.15. The van der Waals surface area contributed by atoms with E-state index in [4.69, 9.17) is 11.8 Å². The molecule has 3 aromatic rings. The third-order valence-corrected chi connectivity index (χ3v) is 11.5. The van der Waals surface area contributed by atoms with Crippen molar-refractivity contribution in [3.05, 3.63) is 72.8 Å². The van der Waals surface area contributed by atoms with Gasteiger partial charge in [0, 0.05) is 20.7 Å². The molecular weight excluding hydrogens is 411 g/mol. The largest absolute Gasteiger partial charge is 0.130 e. The highest BCUT2D eigenvalue weighted by Gasteiger charge is 2.24. The van der Waals surface area contributed by atoms with Gasteiger partial charge in [-0.05, 0) is 71.1 Å². The second-order valence-electron chi connectivity index (χ2n) is 5.70. The Morgan fingerprint density at radius 1 is 0.500 bits per heavy atom. The lowest BCUT2D eigenvalue weighted by atomic mass is 10.3. The molecule has 0 aliphatic rings. The van der Waals surface area contributed by atoms with Crippen molar-refractivity contribution in [1.82, 2.24) is 0 Å². The van der Waals surface area contributed by atoms with E-state index in [0.717, 1.165) is 0 Å². The molecule has 0 atom stereocenters. The summed E-state index contributed by atoms with van der Waals surface area (Å²) in [4.78, 5) is 3.81. The quantitative estimate of drug-likeness (QED) is 0.367. The van der Waals surface area contributed by atoms with Crippen LogP contribution in [0.4, 0.5) is 0 Å². The number of hydrogen-bond donors (Lipinski definition) is 0. The lowest BCUT2D eigenvalue weighted by Gasteiger charge is -2.24. The molecule has 0 N–H and O–H groups in total. The van der Waals surface area contributed by atoms with Crippen LogP contribution in [0.2, 0.25) is 0 Å². The zero-order valence-electron chi connectivity index (χ0n) is 15.0. The Morgan fingerprint density at radius 2 is 0.731 bits per heavy atom. The maximum atomic E-state index is 6.43. The summed E-state index contributed by atoms with van der Waals surface area (Å²) in [5.74, 6) is 0. The van der Waals surface area contributed by atoms with Gasteiger partial charge in [0.1, 0.15) is 0 Å². The summed E-state index contributed by atoms with van der Waals surface area (Å²) in [6, 6.07) is 24.4. The lowest BCUT2D eigenvalue weighted by molar-refractivity contribution is 1.48. The van der Waals surface area contributed by atoms with Gasteiger partial charge in [-0.2, -0.15) is 0 Å². The van der Waals surface area contributed by atoms with Crippen LogP contribution in [0.1, 0.15) is 0 Å². The first-order chi connectivity index (χ1) is 12.6. The lowest BCUT2D eigenvalue weighted by Crippen LogP contribution is -2.24. The Labute approximate surface area is 174 Å². The molecule has 3 aromatic carbocycles. The summed E-state index contributed by atoms with van der Waals surface area (Å²) in [6.07, 6.45) is 6.31. The van der Waals surface area contributed by atoms with E-state index >= 15 is 0 Å². The molecule has 0 nitrogen and oxygen atoms in total. The van der Waals surface area contributed by atoms with Crippen LogP contribution < -0.4 is 15.9 Å². The normalized spacial score (nSPS) is 11.5. The molecule has 0 bridgehead atoms. The van der Waals surface area contributed by atoms with E-state index in [0.29, 0.717) is 0 Å². The second kappa shape index (κ2) is 9.03. The standard InChI is InChI=1S/C21H21PS4/c1-24-19-10-4-16(5-11-19)22(23,17-6-12-20(25-2)13-7-17)18-8-14-21(26-3)15-9-18/h4-15H,1-3H3. The molecular formula is C21H21PS4. The van der Waals surface area contributed by atoms with Crippen molar-refractivity contribution in [1.29, 1.82) is 0 Å². The van der Waals surface area contributed by atoms with Crippen molar-refractivity contribution >= 4 is 69.0 Å². The van der Waals surface area contributed by atoms with Gasteiger partial charge in [0.05, 0.1) is 0 Å². The van der Waals surface area contributed by atoms with Crippen LogP contribution in [0, 0.1) is 0 Å². The van der Waals surface area contributed by atoms with E-state index in [1.165, 1.54) is 30.6 Å². The van der Waals surface area contributed by atoms with E-state index in [2.05, 4.69) is 91.6 Å². The maximum absolute atomic E-state index is 6.43. The fraction of sp³-hybridized carbons (Fsp3) is 0.143. The number of hydrogen-bond acceptors (Lipinski definition) is 4. The molecule has 0 saturated heterocycles. The van der Waals surface area contributed by atoms with Gasteiger partial charge in [0.15, 0.2) is 0 Å². The first-order valence-corrected chi connectivity index (χ1v) is 14.6. The van der Waals surface area contributed by atoms with E-state index in [1.807, 2.05) is 0 Å². The predicted octanol–water partition coefficient (Wildman–Crippen LogP) is 5.61. The monoisotopic (exact) mass is 432 g/mol.